The van der Waals surface area contributed by atoms with Crippen molar-refractivity contribution < 1.29 is 9.53 Å². The number of hydrogen-bond acceptors (Lipinski definition) is 6. The summed E-state index contributed by atoms with van der Waals surface area (Å²) in [5, 5.41) is 2.82. The Kier molecular flexibility index (Phi) is 6.82. The number of piperazine rings is 1. The quantitative estimate of drug-likeness (QED) is 0.752. The molecular formula is C19H31N5O2. The molecule has 1 N–H and O–H groups in total. The molecule has 2 fully saturated rings. The highest BCUT2D eigenvalue weighted by Gasteiger charge is 2.27. The normalized spacial score (nSPS) is 22.4. The molecule has 1 aromatic heterocycles. The number of piperidine rings is 1. The fourth-order valence-electron chi connectivity index (χ4n) is 3.83. The van der Waals surface area contributed by atoms with E-state index in [1.54, 1.807) is 13.3 Å². The third kappa shape index (κ3) is 4.93. The van der Waals surface area contributed by atoms with Crippen LogP contribution in [0.15, 0.2) is 18.3 Å². The van der Waals surface area contributed by atoms with E-state index >= 15 is 0 Å². The molecule has 7 heteroatoms. The number of aromatic nitrogens is 1. The first kappa shape index (κ1) is 19.1. The number of likely N-dealkylation sites (N-methyl/N-ethyl adjacent to an activating group) is 1. The van der Waals surface area contributed by atoms with Crippen LogP contribution in [0, 0.1) is 0 Å². The zero-order valence-corrected chi connectivity index (χ0v) is 16.0. The molecule has 1 unspecified atom stereocenters. The van der Waals surface area contributed by atoms with E-state index in [2.05, 4.69) is 32.0 Å². The fraction of sp³-hybridized carbons (Fsp3) is 0.684. The predicted molar refractivity (Wildman–Crippen MR) is 103 cm³/mol. The zero-order valence-electron chi connectivity index (χ0n) is 16.0. The summed E-state index contributed by atoms with van der Waals surface area (Å²) < 4.78 is 4.94. The Labute approximate surface area is 156 Å². The van der Waals surface area contributed by atoms with Crippen molar-refractivity contribution in [3.05, 3.63) is 23.9 Å². The number of likely N-dealkylation sites (tertiary alicyclic amines) is 1. The van der Waals surface area contributed by atoms with Crippen LogP contribution in [0.1, 0.15) is 23.2 Å². The van der Waals surface area contributed by atoms with Gasteiger partial charge in [0, 0.05) is 58.6 Å². The summed E-state index contributed by atoms with van der Waals surface area (Å²) in [6, 6.07) is 4.50. The highest BCUT2D eigenvalue weighted by atomic mass is 16.5. The molecule has 7 nitrogen and oxygen atoms in total. The van der Waals surface area contributed by atoms with Gasteiger partial charge in [-0.2, -0.15) is 0 Å². The highest BCUT2D eigenvalue weighted by Crippen LogP contribution is 2.19. The minimum absolute atomic E-state index is 0.104. The second-order valence-electron chi connectivity index (χ2n) is 7.24. The Hall–Kier alpha value is -1.70. The Balaban J connectivity index is 1.49. The number of rotatable bonds is 6. The monoisotopic (exact) mass is 361 g/mol. The van der Waals surface area contributed by atoms with Crippen molar-refractivity contribution in [3.8, 4) is 0 Å². The van der Waals surface area contributed by atoms with Gasteiger partial charge >= 0.3 is 0 Å². The zero-order chi connectivity index (χ0) is 18.4. The molecule has 144 valence electrons. The van der Waals surface area contributed by atoms with E-state index in [1.165, 1.54) is 25.9 Å². The van der Waals surface area contributed by atoms with Crippen LogP contribution < -0.4 is 10.2 Å². The molecule has 0 aliphatic carbocycles. The number of amides is 1. The van der Waals surface area contributed by atoms with Crippen LogP contribution >= 0.6 is 0 Å². The van der Waals surface area contributed by atoms with Crippen molar-refractivity contribution >= 4 is 11.7 Å². The Bertz CT molecular complexity index is 572. The van der Waals surface area contributed by atoms with Gasteiger partial charge in [-0.05, 0) is 38.6 Å². The molecule has 2 aliphatic rings. The summed E-state index contributed by atoms with van der Waals surface area (Å²) in [5.41, 5.74) is 0.591. The van der Waals surface area contributed by atoms with E-state index in [0.717, 1.165) is 32.0 Å². The average Bonchev–Trinajstić information content (AvgIpc) is 2.68. The lowest BCUT2D eigenvalue weighted by atomic mass is 10.0. The molecule has 26 heavy (non-hydrogen) atoms. The molecule has 2 aliphatic heterocycles. The number of pyridine rings is 1. The van der Waals surface area contributed by atoms with Crippen molar-refractivity contribution in [1.29, 1.82) is 0 Å². The largest absolute Gasteiger partial charge is 0.383 e. The molecule has 1 amide bonds. The number of carbonyl (C=O) groups is 1. The second-order valence-corrected chi connectivity index (χ2v) is 7.24. The summed E-state index contributed by atoms with van der Waals surface area (Å²) in [4.78, 5) is 23.9. The molecule has 2 saturated heterocycles. The summed E-state index contributed by atoms with van der Waals surface area (Å²) in [7, 11) is 3.84. The minimum atomic E-state index is -0.104. The number of carbonyl (C=O) groups excluding carboxylic acids is 1. The smallest absolute Gasteiger partial charge is 0.252 e. The number of anilines is 1. The van der Waals surface area contributed by atoms with Crippen molar-refractivity contribution in [2.24, 2.45) is 0 Å². The van der Waals surface area contributed by atoms with Crippen LogP contribution in [0.4, 0.5) is 5.82 Å². The summed E-state index contributed by atoms with van der Waals surface area (Å²) >= 11 is 0. The summed E-state index contributed by atoms with van der Waals surface area (Å²) in [5.74, 6) is 0.853. The third-order valence-electron chi connectivity index (χ3n) is 5.36. The maximum absolute atomic E-state index is 12.0. The van der Waals surface area contributed by atoms with Gasteiger partial charge in [0.25, 0.3) is 5.91 Å². The fourth-order valence-corrected chi connectivity index (χ4v) is 3.83. The molecule has 0 spiro atoms. The minimum Gasteiger partial charge on any atom is -0.383 e. The SMILES string of the molecule is COCCNC(=O)c1ccc(N2CCN(C3CCCN(C)C3)CC2)nc1. The van der Waals surface area contributed by atoms with Gasteiger partial charge < -0.3 is 19.9 Å². The lowest BCUT2D eigenvalue weighted by Crippen LogP contribution is -2.54. The van der Waals surface area contributed by atoms with Gasteiger partial charge in [0.05, 0.1) is 12.2 Å². The van der Waals surface area contributed by atoms with Crippen LogP contribution in [-0.4, -0.2) is 93.3 Å². The molecule has 0 aromatic carbocycles. The van der Waals surface area contributed by atoms with Gasteiger partial charge in [-0.3, -0.25) is 9.69 Å². The lowest BCUT2D eigenvalue weighted by Gasteiger charge is -2.43. The Morgan fingerprint density at radius 1 is 1.27 bits per heavy atom. The topological polar surface area (TPSA) is 60.9 Å². The van der Waals surface area contributed by atoms with Crippen molar-refractivity contribution in [2.75, 3.05) is 71.5 Å². The van der Waals surface area contributed by atoms with Gasteiger partial charge in [-0.15, -0.1) is 0 Å². The summed E-state index contributed by atoms with van der Waals surface area (Å²) in [6.45, 7) is 7.59. The maximum Gasteiger partial charge on any atom is 0.252 e. The van der Waals surface area contributed by atoms with Crippen LogP contribution in [-0.2, 0) is 4.74 Å². The van der Waals surface area contributed by atoms with Crippen LogP contribution in [0.25, 0.3) is 0 Å². The Morgan fingerprint density at radius 2 is 2.08 bits per heavy atom. The molecule has 0 bridgehead atoms. The molecule has 1 aromatic rings. The van der Waals surface area contributed by atoms with E-state index in [0.29, 0.717) is 24.8 Å². The number of methoxy groups -OCH3 is 1. The first-order valence-electron chi connectivity index (χ1n) is 9.58. The van der Waals surface area contributed by atoms with Gasteiger partial charge in [-0.25, -0.2) is 4.98 Å². The lowest BCUT2D eigenvalue weighted by molar-refractivity contribution is 0.0936. The molecule has 0 radical (unpaired) electrons. The molecule has 1 atom stereocenters. The molecular weight excluding hydrogens is 330 g/mol. The van der Waals surface area contributed by atoms with Crippen LogP contribution in [0.3, 0.4) is 0 Å². The number of hydrogen-bond donors (Lipinski definition) is 1. The van der Waals surface area contributed by atoms with E-state index in [1.807, 2.05) is 12.1 Å². The van der Waals surface area contributed by atoms with Gasteiger partial charge in [0.2, 0.25) is 0 Å². The van der Waals surface area contributed by atoms with Crippen LogP contribution in [0.2, 0.25) is 0 Å². The molecule has 3 heterocycles. The number of nitrogens with one attached hydrogen (secondary N) is 1. The average molecular weight is 361 g/mol. The maximum atomic E-state index is 12.0. The van der Waals surface area contributed by atoms with Crippen LogP contribution in [0.5, 0.6) is 0 Å². The van der Waals surface area contributed by atoms with E-state index < -0.39 is 0 Å². The first-order chi connectivity index (χ1) is 12.7. The highest BCUT2D eigenvalue weighted by molar-refractivity contribution is 5.94. The van der Waals surface area contributed by atoms with E-state index in [-0.39, 0.29) is 5.91 Å². The molecule has 3 rings (SSSR count). The van der Waals surface area contributed by atoms with E-state index in [4.69, 9.17) is 4.74 Å². The first-order valence-corrected chi connectivity index (χ1v) is 9.58. The van der Waals surface area contributed by atoms with Crippen molar-refractivity contribution in [1.82, 2.24) is 20.1 Å². The van der Waals surface area contributed by atoms with Crippen molar-refractivity contribution in [3.63, 3.8) is 0 Å². The van der Waals surface area contributed by atoms with Crippen molar-refractivity contribution in [2.45, 2.75) is 18.9 Å². The summed E-state index contributed by atoms with van der Waals surface area (Å²) in [6.07, 6.45) is 4.28. The number of ether oxygens (including phenoxy) is 1. The van der Waals surface area contributed by atoms with Gasteiger partial charge in [-0.1, -0.05) is 0 Å². The van der Waals surface area contributed by atoms with E-state index in [9.17, 15) is 4.79 Å². The third-order valence-corrected chi connectivity index (χ3v) is 5.36. The predicted octanol–water partition coefficient (Wildman–Crippen LogP) is 0.674. The second kappa shape index (κ2) is 9.30. The molecule has 0 saturated carbocycles. The van der Waals surface area contributed by atoms with Gasteiger partial charge in [0.1, 0.15) is 5.82 Å². The Morgan fingerprint density at radius 3 is 2.73 bits per heavy atom. The van der Waals surface area contributed by atoms with Gasteiger partial charge in [0.15, 0.2) is 0 Å². The number of nitrogens with zero attached hydrogens (tertiary/aromatic N) is 4. The standard InChI is InChI=1S/C19H31N5O2/c1-22-8-3-4-17(15-22)23-9-11-24(12-10-23)18-6-5-16(14-21-18)19(25)20-7-13-26-2/h5-6,14,17H,3-4,7-13,15H2,1-2H3,(H,20,25).